The Morgan fingerprint density at radius 2 is 1.47 bits per heavy atom. The Bertz CT molecular complexity index is 972. The zero-order chi connectivity index (χ0) is 20.8. The highest BCUT2D eigenvalue weighted by Gasteiger charge is 2.51. The van der Waals surface area contributed by atoms with E-state index in [1.54, 1.807) is 0 Å². The largest absolute Gasteiger partial charge is 0.462 e. The van der Waals surface area contributed by atoms with Crippen LogP contribution in [0.4, 0.5) is 0 Å². The number of rotatable bonds is 7. The number of benzene rings is 3. The van der Waals surface area contributed by atoms with Gasteiger partial charge in [-0.25, -0.2) is 0 Å². The normalized spacial score (nSPS) is 21.7. The molecule has 0 aromatic heterocycles. The molecule has 1 aliphatic rings. The number of hydrogen-bond donors (Lipinski definition) is 0. The highest BCUT2D eigenvalue weighted by molar-refractivity contribution is 5.82. The number of carbonyl (C=O) groups excluding carboxylic acids is 1. The second-order valence-electron chi connectivity index (χ2n) is 7.83. The number of ether oxygens (including phenoxy) is 1. The molecule has 3 heteroatoms. The van der Waals surface area contributed by atoms with Crippen molar-refractivity contribution in [3.63, 3.8) is 0 Å². The summed E-state index contributed by atoms with van der Waals surface area (Å²) >= 11 is 0. The monoisotopic (exact) mass is 397 g/mol. The lowest BCUT2D eigenvalue weighted by molar-refractivity contribution is -0.177. The standard InChI is InChI=1S/C27H27NO2/c1-2-18-27(19-22-12-6-3-7-13-22)26(29)30-21-25(24-16-10-5-11-17-24)28(27)20-23-14-8-4-9-15-23/h2-17,25H,1,18-21H2/t25-,27+/m0/s1. The van der Waals surface area contributed by atoms with Gasteiger partial charge in [0.1, 0.15) is 12.1 Å². The molecular formula is C27H27NO2. The SMILES string of the molecule is C=CC[C@@]1(Cc2ccccc2)C(=O)OC[C@@H](c2ccccc2)N1Cc1ccccc1. The minimum absolute atomic E-state index is 0.0206. The lowest BCUT2D eigenvalue weighted by Crippen LogP contribution is -2.61. The predicted molar refractivity (Wildman–Crippen MR) is 120 cm³/mol. The summed E-state index contributed by atoms with van der Waals surface area (Å²) in [6.07, 6.45) is 2.95. The third-order valence-electron chi connectivity index (χ3n) is 5.88. The first-order chi connectivity index (χ1) is 14.7. The Balaban J connectivity index is 1.81. The molecule has 0 radical (unpaired) electrons. The molecule has 0 saturated carbocycles. The van der Waals surface area contributed by atoms with Crippen LogP contribution in [-0.4, -0.2) is 23.0 Å². The fourth-order valence-electron chi connectivity index (χ4n) is 4.41. The first-order valence-corrected chi connectivity index (χ1v) is 10.4. The van der Waals surface area contributed by atoms with Gasteiger partial charge in [-0.2, -0.15) is 0 Å². The molecule has 0 bridgehead atoms. The molecule has 4 rings (SSSR count). The van der Waals surface area contributed by atoms with Crippen LogP contribution >= 0.6 is 0 Å². The quantitative estimate of drug-likeness (QED) is 0.398. The summed E-state index contributed by atoms with van der Waals surface area (Å²) in [4.78, 5) is 15.7. The summed E-state index contributed by atoms with van der Waals surface area (Å²) in [6.45, 7) is 4.99. The molecule has 3 nitrogen and oxygen atoms in total. The van der Waals surface area contributed by atoms with E-state index in [2.05, 4.69) is 47.9 Å². The minimum Gasteiger partial charge on any atom is -0.462 e. The van der Waals surface area contributed by atoms with Gasteiger partial charge in [0.15, 0.2) is 0 Å². The fraction of sp³-hybridized carbons (Fsp3) is 0.222. The van der Waals surface area contributed by atoms with E-state index in [4.69, 9.17) is 4.74 Å². The summed E-state index contributed by atoms with van der Waals surface area (Å²) in [7, 11) is 0. The number of cyclic esters (lactones) is 1. The van der Waals surface area contributed by atoms with Crippen LogP contribution in [0.2, 0.25) is 0 Å². The highest BCUT2D eigenvalue weighted by atomic mass is 16.5. The number of morpholine rings is 1. The van der Waals surface area contributed by atoms with Gasteiger partial charge in [-0.3, -0.25) is 9.69 Å². The Hall–Kier alpha value is -3.17. The molecule has 3 aromatic carbocycles. The van der Waals surface area contributed by atoms with Gasteiger partial charge in [0, 0.05) is 13.0 Å². The Morgan fingerprint density at radius 1 is 0.900 bits per heavy atom. The van der Waals surface area contributed by atoms with E-state index in [9.17, 15) is 4.79 Å². The van der Waals surface area contributed by atoms with Crippen molar-refractivity contribution >= 4 is 5.97 Å². The van der Waals surface area contributed by atoms with Gasteiger partial charge in [-0.1, -0.05) is 97.1 Å². The molecule has 0 spiro atoms. The maximum Gasteiger partial charge on any atom is 0.327 e. The van der Waals surface area contributed by atoms with E-state index in [0.717, 1.165) is 11.1 Å². The van der Waals surface area contributed by atoms with Gasteiger partial charge in [0.25, 0.3) is 0 Å². The van der Waals surface area contributed by atoms with Crippen molar-refractivity contribution in [1.29, 1.82) is 0 Å². The van der Waals surface area contributed by atoms with Gasteiger partial charge in [0.05, 0.1) is 6.04 Å². The van der Waals surface area contributed by atoms with Crippen LogP contribution in [0.3, 0.4) is 0 Å². The van der Waals surface area contributed by atoms with E-state index in [-0.39, 0.29) is 12.0 Å². The Labute approximate surface area is 178 Å². The van der Waals surface area contributed by atoms with Gasteiger partial charge in [-0.05, 0) is 23.1 Å². The lowest BCUT2D eigenvalue weighted by Gasteiger charge is -2.49. The zero-order valence-electron chi connectivity index (χ0n) is 17.1. The average Bonchev–Trinajstić information content (AvgIpc) is 2.79. The first kappa shape index (κ1) is 20.1. The lowest BCUT2D eigenvalue weighted by atomic mass is 9.81. The van der Waals surface area contributed by atoms with Crippen molar-refractivity contribution in [2.24, 2.45) is 0 Å². The molecule has 0 N–H and O–H groups in total. The smallest absolute Gasteiger partial charge is 0.327 e. The molecule has 3 aromatic rings. The van der Waals surface area contributed by atoms with Crippen LogP contribution in [0.5, 0.6) is 0 Å². The number of nitrogens with zero attached hydrogens (tertiary/aromatic N) is 1. The van der Waals surface area contributed by atoms with E-state index in [1.165, 1.54) is 5.56 Å². The average molecular weight is 398 g/mol. The summed E-state index contributed by atoms with van der Waals surface area (Å²) in [5, 5.41) is 0. The summed E-state index contributed by atoms with van der Waals surface area (Å²) in [6, 6.07) is 30.8. The molecule has 30 heavy (non-hydrogen) atoms. The van der Waals surface area contributed by atoms with Crippen molar-refractivity contribution in [3.8, 4) is 0 Å². The molecule has 0 amide bonds. The summed E-state index contributed by atoms with van der Waals surface area (Å²) < 4.78 is 5.83. The van der Waals surface area contributed by atoms with E-state index in [0.29, 0.717) is 26.0 Å². The second kappa shape index (κ2) is 9.10. The van der Waals surface area contributed by atoms with Crippen LogP contribution in [0.1, 0.15) is 29.2 Å². The summed E-state index contributed by atoms with van der Waals surface area (Å²) in [5.74, 6) is -0.172. The predicted octanol–water partition coefficient (Wildman–Crippen LogP) is 5.34. The molecule has 1 aliphatic heterocycles. The maximum absolute atomic E-state index is 13.4. The Morgan fingerprint density at radius 3 is 2.07 bits per heavy atom. The number of carbonyl (C=O) groups is 1. The van der Waals surface area contributed by atoms with Crippen LogP contribution in [-0.2, 0) is 22.5 Å². The van der Waals surface area contributed by atoms with Crippen LogP contribution in [0.25, 0.3) is 0 Å². The molecule has 1 saturated heterocycles. The molecule has 0 unspecified atom stereocenters. The molecule has 1 heterocycles. The van der Waals surface area contributed by atoms with Crippen LogP contribution in [0.15, 0.2) is 104 Å². The van der Waals surface area contributed by atoms with Gasteiger partial charge in [-0.15, -0.1) is 6.58 Å². The van der Waals surface area contributed by atoms with Crippen LogP contribution < -0.4 is 0 Å². The zero-order valence-corrected chi connectivity index (χ0v) is 17.1. The second-order valence-corrected chi connectivity index (χ2v) is 7.83. The van der Waals surface area contributed by atoms with Gasteiger partial charge >= 0.3 is 5.97 Å². The minimum atomic E-state index is -0.808. The fourth-order valence-corrected chi connectivity index (χ4v) is 4.41. The van der Waals surface area contributed by atoms with Crippen molar-refractivity contribution in [2.75, 3.05) is 6.61 Å². The summed E-state index contributed by atoms with van der Waals surface area (Å²) in [5.41, 5.74) is 2.64. The van der Waals surface area contributed by atoms with E-state index < -0.39 is 5.54 Å². The molecular weight excluding hydrogens is 370 g/mol. The van der Waals surface area contributed by atoms with Crippen molar-refractivity contribution < 1.29 is 9.53 Å². The number of esters is 1. The number of hydrogen-bond acceptors (Lipinski definition) is 3. The van der Waals surface area contributed by atoms with Crippen molar-refractivity contribution in [1.82, 2.24) is 4.90 Å². The van der Waals surface area contributed by atoms with Crippen molar-refractivity contribution in [2.45, 2.75) is 31.0 Å². The van der Waals surface area contributed by atoms with Crippen LogP contribution in [0, 0.1) is 0 Å². The van der Waals surface area contributed by atoms with E-state index >= 15 is 0 Å². The van der Waals surface area contributed by atoms with E-state index in [1.807, 2.05) is 60.7 Å². The first-order valence-electron chi connectivity index (χ1n) is 10.4. The third-order valence-corrected chi connectivity index (χ3v) is 5.88. The third kappa shape index (κ3) is 4.07. The Kier molecular flexibility index (Phi) is 6.10. The molecule has 152 valence electrons. The topological polar surface area (TPSA) is 29.5 Å². The van der Waals surface area contributed by atoms with Gasteiger partial charge < -0.3 is 4.74 Å². The maximum atomic E-state index is 13.4. The van der Waals surface area contributed by atoms with Crippen molar-refractivity contribution in [3.05, 3.63) is 120 Å². The van der Waals surface area contributed by atoms with Gasteiger partial charge in [0.2, 0.25) is 0 Å². The highest BCUT2D eigenvalue weighted by Crippen LogP contribution is 2.40. The molecule has 1 fully saturated rings. The molecule has 2 atom stereocenters. The molecule has 0 aliphatic carbocycles.